The van der Waals surface area contributed by atoms with Crippen LogP contribution >= 0.6 is 0 Å². The van der Waals surface area contributed by atoms with Crippen LogP contribution in [0.15, 0.2) is 0 Å². The molecule has 17 heavy (non-hydrogen) atoms. The molecule has 0 aliphatic carbocycles. The van der Waals surface area contributed by atoms with Gasteiger partial charge in [0.1, 0.15) is 0 Å². The lowest BCUT2D eigenvalue weighted by Crippen LogP contribution is -2.47. The van der Waals surface area contributed by atoms with Crippen molar-refractivity contribution < 1.29 is 9.53 Å². The molecule has 3 heterocycles. The van der Waals surface area contributed by atoms with Crippen molar-refractivity contribution in [3.63, 3.8) is 0 Å². The Morgan fingerprint density at radius 1 is 1.41 bits per heavy atom. The predicted octanol–water partition coefficient (Wildman–Crippen LogP) is 1.11. The van der Waals surface area contributed by atoms with E-state index in [1.165, 1.54) is 6.42 Å². The molecule has 3 fully saturated rings. The Labute approximate surface area is 103 Å². The number of nitrogens with one attached hydrogen (secondary N) is 1. The zero-order valence-electron chi connectivity index (χ0n) is 10.8. The van der Waals surface area contributed by atoms with Crippen LogP contribution in [0, 0.1) is 5.92 Å². The van der Waals surface area contributed by atoms with Crippen LogP contribution in [0.5, 0.6) is 0 Å². The molecular weight excluding hydrogens is 216 g/mol. The van der Waals surface area contributed by atoms with Crippen LogP contribution in [0.3, 0.4) is 0 Å². The van der Waals surface area contributed by atoms with Crippen molar-refractivity contribution in [2.45, 2.75) is 70.5 Å². The molecule has 2 bridgehead atoms. The highest BCUT2D eigenvalue weighted by molar-refractivity contribution is 5.85. The van der Waals surface area contributed by atoms with Gasteiger partial charge in [0.15, 0.2) is 0 Å². The fourth-order valence-corrected chi connectivity index (χ4v) is 3.59. The van der Waals surface area contributed by atoms with Crippen LogP contribution in [0.1, 0.15) is 40.0 Å². The van der Waals surface area contributed by atoms with Gasteiger partial charge in [0.2, 0.25) is 5.91 Å². The molecule has 0 aromatic carbocycles. The van der Waals surface area contributed by atoms with Gasteiger partial charge in [-0.1, -0.05) is 13.8 Å². The van der Waals surface area contributed by atoms with Crippen molar-refractivity contribution in [3.8, 4) is 0 Å². The van der Waals surface area contributed by atoms with Crippen molar-refractivity contribution in [2.75, 3.05) is 0 Å². The number of hydrogen-bond donors (Lipinski definition) is 1. The molecule has 5 atom stereocenters. The lowest BCUT2D eigenvalue weighted by molar-refractivity contribution is -0.133. The van der Waals surface area contributed by atoms with Crippen molar-refractivity contribution >= 4 is 5.91 Å². The molecule has 96 valence electrons. The van der Waals surface area contributed by atoms with Crippen LogP contribution in [0.2, 0.25) is 0 Å². The minimum absolute atomic E-state index is 0.0101. The van der Waals surface area contributed by atoms with Crippen LogP contribution < -0.4 is 5.32 Å². The maximum Gasteiger partial charge on any atom is 0.241 e. The van der Waals surface area contributed by atoms with E-state index in [1.54, 1.807) is 0 Å². The Hall–Kier alpha value is -0.610. The van der Waals surface area contributed by atoms with Gasteiger partial charge in [-0.15, -0.1) is 0 Å². The lowest BCUT2D eigenvalue weighted by atomic mass is 9.93. The number of fused-ring (bicyclic) bond motifs is 2. The molecule has 3 saturated heterocycles. The number of hydrogen-bond acceptors (Lipinski definition) is 3. The largest absolute Gasteiger partial charge is 0.373 e. The Morgan fingerprint density at radius 3 is 2.65 bits per heavy atom. The van der Waals surface area contributed by atoms with Gasteiger partial charge in [-0.05, 0) is 32.1 Å². The van der Waals surface area contributed by atoms with Crippen molar-refractivity contribution in [3.05, 3.63) is 0 Å². The molecule has 3 aliphatic heterocycles. The number of ether oxygens (including phenoxy) is 1. The fourth-order valence-electron chi connectivity index (χ4n) is 3.59. The molecule has 3 aliphatic rings. The van der Waals surface area contributed by atoms with Crippen LogP contribution in [0.4, 0.5) is 0 Å². The highest BCUT2D eigenvalue weighted by Crippen LogP contribution is 2.39. The van der Waals surface area contributed by atoms with E-state index in [0.29, 0.717) is 24.2 Å². The lowest BCUT2D eigenvalue weighted by Gasteiger charge is -2.32. The highest BCUT2D eigenvalue weighted by Gasteiger charge is 2.50. The topological polar surface area (TPSA) is 41.6 Å². The van der Waals surface area contributed by atoms with E-state index < -0.39 is 0 Å². The summed E-state index contributed by atoms with van der Waals surface area (Å²) in [5.41, 5.74) is 0. The summed E-state index contributed by atoms with van der Waals surface area (Å²) in [6.45, 7) is 6.29. The number of amides is 1. The molecule has 4 nitrogen and oxygen atoms in total. The molecule has 0 saturated carbocycles. The summed E-state index contributed by atoms with van der Waals surface area (Å²) in [4.78, 5) is 14.5. The average Bonchev–Trinajstić information content (AvgIpc) is 2.92. The van der Waals surface area contributed by atoms with Crippen LogP contribution in [-0.2, 0) is 9.53 Å². The molecular formula is C13H22N2O2. The summed E-state index contributed by atoms with van der Waals surface area (Å²) in [6, 6.07) is 0.302. The monoisotopic (exact) mass is 238 g/mol. The first-order chi connectivity index (χ1) is 8.08. The zero-order chi connectivity index (χ0) is 12.2. The summed E-state index contributed by atoms with van der Waals surface area (Å²) >= 11 is 0. The van der Waals surface area contributed by atoms with Gasteiger partial charge >= 0.3 is 0 Å². The first-order valence-electron chi connectivity index (χ1n) is 6.81. The average molecular weight is 238 g/mol. The minimum Gasteiger partial charge on any atom is -0.373 e. The van der Waals surface area contributed by atoms with E-state index in [4.69, 9.17) is 4.74 Å². The maximum absolute atomic E-state index is 12.4. The third-order valence-corrected chi connectivity index (χ3v) is 4.46. The van der Waals surface area contributed by atoms with Gasteiger partial charge in [0.25, 0.3) is 0 Å². The number of rotatable bonds is 2. The molecule has 4 heteroatoms. The number of nitrogens with zero attached hydrogens (tertiary/aromatic N) is 1. The van der Waals surface area contributed by atoms with E-state index in [1.807, 2.05) is 0 Å². The summed E-state index contributed by atoms with van der Waals surface area (Å²) in [5, 5.41) is 3.41. The smallest absolute Gasteiger partial charge is 0.241 e. The summed E-state index contributed by atoms with van der Waals surface area (Å²) in [5.74, 6) is 0.628. The fraction of sp³-hybridized carbons (Fsp3) is 0.923. The first kappa shape index (κ1) is 11.5. The highest BCUT2D eigenvalue weighted by atomic mass is 16.5. The zero-order valence-corrected chi connectivity index (χ0v) is 10.8. The van der Waals surface area contributed by atoms with Crippen molar-refractivity contribution in [1.29, 1.82) is 0 Å². The molecule has 0 spiro atoms. The minimum atomic E-state index is -0.0101. The Morgan fingerprint density at radius 2 is 2.18 bits per heavy atom. The van der Waals surface area contributed by atoms with Gasteiger partial charge in [0, 0.05) is 0 Å². The molecule has 0 radical (unpaired) electrons. The summed E-state index contributed by atoms with van der Waals surface area (Å²) < 4.78 is 5.87. The molecule has 0 aromatic rings. The SMILES string of the molecule is CC(C)C1NC(C)N(C2CC3CCC2O3)C1=O. The van der Waals surface area contributed by atoms with Crippen LogP contribution in [-0.4, -0.2) is 41.3 Å². The van der Waals surface area contributed by atoms with E-state index >= 15 is 0 Å². The Balaban J connectivity index is 1.77. The standard InChI is InChI=1S/C13H22N2O2/c1-7(2)12-13(16)15(8(3)14-12)10-6-9-4-5-11(10)17-9/h7-12,14H,4-6H2,1-3H3. The number of carbonyl (C=O) groups is 1. The van der Waals surface area contributed by atoms with Gasteiger partial charge in [-0.3, -0.25) is 10.1 Å². The van der Waals surface area contributed by atoms with Gasteiger partial charge in [-0.25, -0.2) is 0 Å². The first-order valence-corrected chi connectivity index (χ1v) is 6.81. The van der Waals surface area contributed by atoms with Crippen molar-refractivity contribution in [2.24, 2.45) is 5.92 Å². The van der Waals surface area contributed by atoms with Gasteiger partial charge < -0.3 is 9.64 Å². The Bertz CT molecular complexity index is 331. The van der Waals surface area contributed by atoms with Crippen molar-refractivity contribution in [1.82, 2.24) is 10.2 Å². The second-order valence-electron chi connectivity index (χ2n) is 5.99. The van der Waals surface area contributed by atoms with Gasteiger partial charge in [-0.2, -0.15) is 0 Å². The predicted molar refractivity (Wildman–Crippen MR) is 64.4 cm³/mol. The second kappa shape index (κ2) is 3.95. The normalized spacial score (nSPS) is 45.3. The van der Waals surface area contributed by atoms with E-state index in [9.17, 15) is 4.79 Å². The molecule has 1 N–H and O–H groups in total. The van der Waals surface area contributed by atoms with E-state index in [2.05, 4.69) is 31.0 Å². The van der Waals surface area contributed by atoms with Gasteiger partial charge in [0.05, 0.1) is 30.5 Å². The number of carbonyl (C=O) groups excluding carboxylic acids is 1. The molecule has 1 amide bonds. The summed E-state index contributed by atoms with van der Waals surface area (Å²) in [7, 11) is 0. The molecule has 5 unspecified atom stereocenters. The van der Waals surface area contributed by atoms with E-state index in [0.717, 1.165) is 12.8 Å². The third-order valence-electron chi connectivity index (χ3n) is 4.46. The second-order valence-corrected chi connectivity index (χ2v) is 5.99. The summed E-state index contributed by atoms with van der Waals surface area (Å²) in [6.07, 6.45) is 4.19. The molecule has 3 rings (SSSR count). The van der Waals surface area contributed by atoms with E-state index in [-0.39, 0.29) is 18.1 Å². The quantitative estimate of drug-likeness (QED) is 0.783. The maximum atomic E-state index is 12.4. The molecule has 0 aromatic heterocycles. The third kappa shape index (κ3) is 1.69. The van der Waals surface area contributed by atoms with Crippen LogP contribution in [0.25, 0.3) is 0 Å². The Kier molecular flexibility index (Phi) is 2.67.